The molecule has 3 amide bonds. The summed E-state index contributed by atoms with van der Waals surface area (Å²) in [6.45, 7) is 3.94. The summed E-state index contributed by atoms with van der Waals surface area (Å²) in [5.41, 5.74) is 1.35. The van der Waals surface area contributed by atoms with E-state index in [1.807, 2.05) is 6.92 Å². The molecule has 3 rings (SSSR count). The summed E-state index contributed by atoms with van der Waals surface area (Å²) in [6.07, 6.45) is 0.994. The second-order valence-electron chi connectivity index (χ2n) is 8.33. The lowest BCUT2D eigenvalue weighted by molar-refractivity contribution is -0.138. The van der Waals surface area contributed by atoms with Crippen molar-refractivity contribution in [3.8, 4) is 0 Å². The maximum Gasteiger partial charge on any atom is 0.338 e. The van der Waals surface area contributed by atoms with Crippen LogP contribution in [0.2, 0.25) is 0 Å². The van der Waals surface area contributed by atoms with Crippen molar-refractivity contribution in [2.45, 2.75) is 50.5 Å². The number of rotatable bonds is 10. The number of sulfonamides is 1. The number of hydrogen-bond acceptors (Lipinski definition) is 7. The molecule has 1 saturated heterocycles. The number of anilines is 1. The molecule has 1 fully saturated rings. The van der Waals surface area contributed by atoms with Crippen LogP contribution in [0.5, 0.6) is 0 Å². The number of benzene rings is 2. The van der Waals surface area contributed by atoms with Gasteiger partial charge in [0.05, 0.1) is 29.2 Å². The average Bonchev–Trinajstić information content (AvgIpc) is 3.13. The molecule has 2 N–H and O–H groups in total. The minimum Gasteiger partial charge on any atom is -0.462 e. The highest BCUT2D eigenvalue weighted by Gasteiger charge is 2.44. The molecule has 0 spiro atoms. The molecule has 0 aliphatic carbocycles. The molecule has 0 radical (unpaired) electrons. The second kappa shape index (κ2) is 11.4. The Hall–Kier alpha value is -3.57. The number of ether oxygens (including phenoxy) is 1. The number of hydrogen-bond donors (Lipinski definition) is 1. The van der Waals surface area contributed by atoms with Crippen LogP contribution in [0, 0.1) is 0 Å². The molecule has 1 aliphatic heterocycles. The van der Waals surface area contributed by atoms with Crippen LogP contribution >= 0.6 is 0 Å². The molecule has 2 aromatic rings. The average molecular weight is 516 g/mol. The van der Waals surface area contributed by atoms with Gasteiger partial charge >= 0.3 is 5.97 Å². The molecular weight excluding hydrogens is 486 g/mol. The van der Waals surface area contributed by atoms with Gasteiger partial charge in [-0.2, -0.15) is 0 Å². The van der Waals surface area contributed by atoms with Crippen LogP contribution < -0.4 is 10.0 Å². The Morgan fingerprint density at radius 2 is 1.69 bits per heavy atom. The Bertz CT molecular complexity index is 1240. The Balaban J connectivity index is 1.78. The molecule has 10 nitrogen and oxygen atoms in total. The standard InChI is InChI=1S/C25H29N3O7S/c1-3-5-22(29)27(15-14-17-6-12-20(13-7-17)36(26,33)34)21-16-23(30)28(24(21)31)19-10-8-18(9-11-19)25(32)35-4-2/h6-13,21H,3-5,14-16H2,1-2H3,(H2,26,33,34). The predicted octanol–water partition coefficient (Wildman–Crippen LogP) is 2.01. The van der Waals surface area contributed by atoms with E-state index in [0.29, 0.717) is 24.1 Å². The van der Waals surface area contributed by atoms with Gasteiger partial charge in [0, 0.05) is 13.0 Å². The smallest absolute Gasteiger partial charge is 0.338 e. The second-order valence-corrected chi connectivity index (χ2v) is 9.89. The molecule has 0 bridgehead atoms. The summed E-state index contributed by atoms with van der Waals surface area (Å²) in [4.78, 5) is 53.3. The number of imide groups is 1. The fourth-order valence-electron chi connectivity index (χ4n) is 4.00. The van der Waals surface area contributed by atoms with Gasteiger partial charge in [-0.3, -0.25) is 14.4 Å². The van der Waals surface area contributed by atoms with Crippen LogP contribution in [0.15, 0.2) is 53.4 Å². The Morgan fingerprint density at radius 3 is 2.25 bits per heavy atom. The number of amides is 3. The first kappa shape index (κ1) is 27.0. The van der Waals surface area contributed by atoms with Crippen molar-refractivity contribution < 1.29 is 32.3 Å². The molecular formula is C25H29N3O7S. The van der Waals surface area contributed by atoms with Gasteiger partial charge in [-0.05, 0) is 61.7 Å². The number of nitrogens with zero attached hydrogens (tertiary/aromatic N) is 2. The van der Waals surface area contributed by atoms with E-state index >= 15 is 0 Å². The van der Waals surface area contributed by atoms with Crippen LogP contribution in [-0.4, -0.2) is 56.2 Å². The van der Waals surface area contributed by atoms with Gasteiger partial charge in [0.25, 0.3) is 5.91 Å². The number of esters is 1. The normalized spacial score (nSPS) is 15.8. The molecule has 0 saturated carbocycles. The summed E-state index contributed by atoms with van der Waals surface area (Å²) in [5.74, 6) is -1.71. The first-order chi connectivity index (χ1) is 17.1. The molecule has 0 aromatic heterocycles. The zero-order valence-corrected chi connectivity index (χ0v) is 21.0. The maximum absolute atomic E-state index is 13.3. The molecule has 1 aliphatic rings. The summed E-state index contributed by atoms with van der Waals surface area (Å²) in [6, 6.07) is 11.0. The highest BCUT2D eigenvalue weighted by atomic mass is 32.2. The van der Waals surface area contributed by atoms with Gasteiger partial charge in [-0.25, -0.2) is 23.3 Å². The van der Waals surface area contributed by atoms with Gasteiger partial charge in [0.1, 0.15) is 6.04 Å². The monoisotopic (exact) mass is 515 g/mol. The van der Waals surface area contributed by atoms with Crippen LogP contribution in [-0.2, 0) is 35.6 Å². The quantitative estimate of drug-likeness (QED) is 0.376. The Morgan fingerprint density at radius 1 is 1.06 bits per heavy atom. The lowest BCUT2D eigenvalue weighted by Gasteiger charge is -2.28. The van der Waals surface area contributed by atoms with Gasteiger partial charge in [-0.1, -0.05) is 19.1 Å². The van der Waals surface area contributed by atoms with E-state index < -0.39 is 33.8 Å². The molecule has 2 aromatic carbocycles. The molecule has 11 heteroatoms. The van der Waals surface area contributed by atoms with Crippen molar-refractivity contribution >= 4 is 39.4 Å². The van der Waals surface area contributed by atoms with Crippen LogP contribution in [0.4, 0.5) is 5.69 Å². The van der Waals surface area contributed by atoms with Crippen LogP contribution in [0.25, 0.3) is 0 Å². The third-order valence-electron chi connectivity index (χ3n) is 5.81. The van der Waals surface area contributed by atoms with Crippen molar-refractivity contribution in [2.24, 2.45) is 5.14 Å². The third-order valence-corrected chi connectivity index (χ3v) is 6.74. The SMILES string of the molecule is CCCC(=O)N(CCc1ccc(S(N)(=O)=O)cc1)C1CC(=O)N(c2ccc(C(=O)OCC)cc2)C1=O. The van der Waals surface area contributed by atoms with Crippen molar-refractivity contribution in [1.82, 2.24) is 4.90 Å². The van der Waals surface area contributed by atoms with E-state index in [9.17, 15) is 27.6 Å². The fraction of sp³-hybridized carbons (Fsp3) is 0.360. The van der Waals surface area contributed by atoms with Crippen molar-refractivity contribution in [3.05, 3.63) is 59.7 Å². The van der Waals surface area contributed by atoms with Gasteiger partial charge in [0.15, 0.2) is 0 Å². The van der Waals surface area contributed by atoms with Crippen LogP contribution in [0.3, 0.4) is 0 Å². The van der Waals surface area contributed by atoms with Crippen molar-refractivity contribution in [2.75, 3.05) is 18.1 Å². The zero-order valence-electron chi connectivity index (χ0n) is 20.2. The third kappa shape index (κ3) is 6.16. The highest BCUT2D eigenvalue weighted by Crippen LogP contribution is 2.27. The molecule has 36 heavy (non-hydrogen) atoms. The van der Waals surface area contributed by atoms with E-state index in [-0.39, 0.29) is 36.8 Å². The molecule has 1 atom stereocenters. The number of carbonyl (C=O) groups is 4. The fourth-order valence-corrected chi connectivity index (χ4v) is 4.51. The maximum atomic E-state index is 13.3. The van der Waals surface area contributed by atoms with E-state index in [1.165, 1.54) is 41.3 Å². The molecule has 192 valence electrons. The van der Waals surface area contributed by atoms with Gasteiger partial charge in [0.2, 0.25) is 21.8 Å². The summed E-state index contributed by atoms with van der Waals surface area (Å²) in [5, 5.41) is 5.13. The minimum atomic E-state index is -3.82. The molecule has 1 heterocycles. The Labute approximate surface area is 210 Å². The zero-order chi connectivity index (χ0) is 26.5. The lowest BCUT2D eigenvalue weighted by Crippen LogP contribution is -2.46. The van der Waals surface area contributed by atoms with Gasteiger partial charge in [-0.15, -0.1) is 0 Å². The van der Waals surface area contributed by atoms with Crippen LogP contribution in [0.1, 0.15) is 49.0 Å². The first-order valence-corrected chi connectivity index (χ1v) is 13.2. The van der Waals surface area contributed by atoms with E-state index in [0.717, 1.165) is 10.5 Å². The van der Waals surface area contributed by atoms with Crippen molar-refractivity contribution in [3.63, 3.8) is 0 Å². The van der Waals surface area contributed by atoms with Gasteiger partial charge < -0.3 is 9.64 Å². The number of carbonyl (C=O) groups excluding carboxylic acids is 4. The lowest BCUT2D eigenvalue weighted by atomic mass is 10.1. The van der Waals surface area contributed by atoms with E-state index in [1.54, 1.807) is 19.1 Å². The van der Waals surface area contributed by atoms with E-state index in [4.69, 9.17) is 9.88 Å². The largest absolute Gasteiger partial charge is 0.462 e. The minimum absolute atomic E-state index is 0.0219. The summed E-state index contributed by atoms with van der Waals surface area (Å²) in [7, 11) is -3.82. The summed E-state index contributed by atoms with van der Waals surface area (Å²) < 4.78 is 27.9. The predicted molar refractivity (Wildman–Crippen MR) is 131 cm³/mol. The topological polar surface area (TPSA) is 144 Å². The van der Waals surface area contributed by atoms with Crippen molar-refractivity contribution in [1.29, 1.82) is 0 Å². The number of primary sulfonamides is 1. The number of nitrogens with two attached hydrogens (primary N) is 1. The first-order valence-electron chi connectivity index (χ1n) is 11.6. The van der Waals surface area contributed by atoms with E-state index in [2.05, 4.69) is 0 Å². The Kier molecular flexibility index (Phi) is 8.59. The summed E-state index contributed by atoms with van der Waals surface area (Å²) >= 11 is 0. The highest BCUT2D eigenvalue weighted by molar-refractivity contribution is 7.89. The molecule has 1 unspecified atom stereocenters.